The Labute approximate surface area is 122 Å². The lowest BCUT2D eigenvalue weighted by atomic mass is 10.2. The quantitative estimate of drug-likeness (QED) is 0.694. The van der Waals surface area contributed by atoms with Gasteiger partial charge in [0, 0.05) is 16.2 Å². The first-order chi connectivity index (χ1) is 7.56. The molecular weight excluding hydrogens is 381 g/mol. The highest BCUT2D eigenvalue weighted by Gasteiger charge is 2.06. The largest absolute Gasteiger partial charge is 0.266 e. The van der Waals surface area contributed by atoms with Crippen molar-refractivity contribution in [3.8, 4) is 0 Å². The summed E-state index contributed by atoms with van der Waals surface area (Å²) >= 11 is 19.9. The van der Waals surface area contributed by atoms with Crippen LogP contribution in [0, 0.1) is 3.70 Å². The fourth-order valence-corrected chi connectivity index (χ4v) is 2.31. The summed E-state index contributed by atoms with van der Waals surface area (Å²) in [6, 6.07) is 5.40. The number of hydrogen-bond acceptors (Lipinski definition) is 1. The van der Waals surface area contributed by atoms with E-state index in [1.165, 1.54) is 0 Å². The van der Waals surface area contributed by atoms with Gasteiger partial charge in [-0.05, 0) is 40.3 Å². The monoisotopic (exact) mass is 386 g/mol. The molecule has 0 atom stereocenters. The van der Waals surface area contributed by atoms with Gasteiger partial charge in [-0.3, -0.25) is 4.68 Å². The molecule has 0 aliphatic rings. The van der Waals surface area contributed by atoms with Gasteiger partial charge >= 0.3 is 0 Å². The van der Waals surface area contributed by atoms with Crippen molar-refractivity contribution < 1.29 is 0 Å². The normalized spacial score (nSPS) is 10.8. The van der Waals surface area contributed by atoms with Crippen molar-refractivity contribution in [2.24, 2.45) is 0 Å². The second-order valence-electron chi connectivity index (χ2n) is 3.20. The molecule has 0 aliphatic heterocycles. The molecule has 2 nitrogen and oxygen atoms in total. The zero-order chi connectivity index (χ0) is 11.7. The maximum absolute atomic E-state index is 6.07. The van der Waals surface area contributed by atoms with Gasteiger partial charge in [0.2, 0.25) is 0 Å². The first-order valence-electron chi connectivity index (χ1n) is 4.38. The third-order valence-electron chi connectivity index (χ3n) is 2.02. The standard InChI is InChI=1S/C10H6Cl3IN2/c11-7-2-1-6(8(12)3-7)4-16-5-9(13)10(14)15-16/h1-3,5H,4H2. The highest BCUT2D eigenvalue weighted by Crippen LogP contribution is 2.23. The van der Waals surface area contributed by atoms with Crippen LogP contribution in [-0.2, 0) is 6.54 Å². The van der Waals surface area contributed by atoms with Crippen LogP contribution in [0.3, 0.4) is 0 Å². The Bertz CT molecular complexity index is 505. The van der Waals surface area contributed by atoms with Crippen LogP contribution < -0.4 is 0 Å². The highest BCUT2D eigenvalue weighted by molar-refractivity contribution is 14.1. The highest BCUT2D eigenvalue weighted by atomic mass is 127. The van der Waals surface area contributed by atoms with Crippen molar-refractivity contribution in [2.45, 2.75) is 6.54 Å². The van der Waals surface area contributed by atoms with E-state index in [0.29, 0.717) is 21.6 Å². The minimum absolute atomic E-state index is 0.582. The number of hydrogen-bond donors (Lipinski definition) is 0. The molecule has 0 N–H and O–H groups in total. The van der Waals surface area contributed by atoms with Crippen LogP contribution in [0.4, 0.5) is 0 Å². The van der Waals surface area contributed by atoms with Gasteiger partial charge in [-0.25, -0.2) is 0 Å². The molecule has 1 aromatic carbocycles. The Morgan fingerprint density at radius 3 is 2.50 bits per heavy atom. The second-order valence-corrected chi connectivity index (χ2v) is 5.47. The summed E-state index contributed by atoms with van der Waals surface area (Å²) in [6.45, 7) is 0.582. The Hall–Kier alpha value is 0.0300. The van der Waals surface area contributed by atoms with Gasteiger partial charge < -0.3 is 0 Å². The van der Waals surface area contributed by atoms with Crippen LogP contribution in [0.25, 0.3) is 0 Å². The molecule has 0 aliphatic carbocycles. The smallest absolute Gasteiger partial charge is 0.141 e. The number of benzene rings is 1. The van der Waals surface area contributed by atoms with E-state index in [1.807, 2.05) is 6.07 Å². The molecule has 0 radical (unpaired) electrons. The van der Waals surface area contributed by atoms with Gasteiger partial charge in [0.15, 0.2) is 0 Å². The van der Waals surface area contributed by atoms with Gasteiger partial charge in [-0.2, -0.15) is 5.10 Å². The van der Waals surface area contributed by atoms with Gasteiger partial charge in [-0.1, -0.05) is 40.9 Å². The molecular formula is C10H6Cl3IN2. The van der Waals surface area contributed by atoms with Gasteiger partial charge in [0.05, 0.1) is 11.6 Å². The van der Waals surface area contributed by atoms with Crippen LogP contribution in [0.15, 0.2) is 24.4 Å². The molecule has 0 unspecified atom stereocenters. The molecule has 0 amide bonds. The average Bonchev–Trinajstić information content (AvgIpc) is 2.51. The second kappa shape index (κ2) is 5.12. The van der Waals surface area contributed by atoms with Crippen molar-refractivity contribution in [3.05, 3.63) is 48.7 Å². The van der Waals surface area contributed by atoms with Crippen LogP contribution in [0.1, 0.15) is 5.56 Å². The Balaban J connectivity index is 2.27. The molecule has 0 bridgehead atoms. The summed E-state index contributed by atoms with van der Waals surface area (Å²) in [5.41, 5.74) is 0.960. The van der Waals surface area contributed by atoms with E-state index in [9.17, 15) is 0 Å². The van der Waals surface area contributed by atoms with Crippen molar-refractivity contribution in [3.63, 3.8) is 0 Å². The van der Waals surface area contributed by atoms with Crippen LogP contribution in [0.2, 0.25) is 15.1 Å². The average molecular weight is 387 g/mol. The van der Waals surface area contributed by atoms with E-state index < -0.39 is 0 Å². The van der Waals surface area contributed by atoms with E-state index in [-0.39, 0.29) is 0 Å². The molecule has 84 valence electrons. The zero-order valence-electron chi connectivity index (χ0n) is 7.92. The minimum Gasteiger partial charge on any atom is -0.266 e. The molecule has 6 heteroatoms. The Morgan fingerprint density at radius 1 is 1.19 bits per heavy atom. The first-order valence-corrected chi connectivity index (χ1v) is 6.60. The molecule has 0 spiro atoms. The lowest BCUT2D eigenvalue weighted by Gasteiger charge is -2.04. The SMILES string of the molecule is Clc1ccc(Cn2cc(Cl)c(I)n2)c(Cl)c1. The topological polar surface area (TPSA) is 17.8 Å². The van der Waals surface area contributed by atoms with Crippen molar-refractivity contribution in [2.75, 3.05) is 0 Å². The predicted octanol–water partition coefficient (Wildman–Crippen LogP) is 4.50. The van der Waals surface area contributed by atoms with Crippen LogP contribution in [-0.4, -0.2) is 9.78 Å². The molecule has 0 saturated heterocycles. The lowest BCUT2D eigenvalue weighted by molar-refractivity contribution is 0.681. The van der Waals surface area contributed by atoms with Crippen LogP contribution in [0.5, 0.6) is 0 Å². The molecule has 2 rings (SSSR count). The fraction of sp³-hybridized carbons (Fsp3) is 0.100. The Kier molecular flexibility index (Phi) is 4.00. The summed E-state index contributed by atoms with van der Waals surface area (Å²) in [5.74, 6) is 0. The van der Waals surface area contributed by atoms with Crippen LogP contribution >= 0.6 is 57.4 Å². The van der Waals surface area contributed by atoms with Gasteiger partial charge in [0.25, 0.3) is 0 Å². The summed E-state index contributed by atoms with van der Waals surface area (Å²) in [5, 5.41) is 6.15. The fourth-order valence-electron chi connectivity index (χ4n) is 1.28. The summed E-state index contributed by atoms with van der Waals surface area (Å²) in [6.07, 6.45) is 1.77. The zero-order valence-corrected chi connectivity index (χ0v) is 12.3. The molecule has 1 heterocycles. The van der Waals surface area contributed by atoms with E-state index in [0.717, 1.165) is 9.26 Å². The first kappa shape index (κ1) is 12.5. The van der Waals surface area contributed by atoms with Crippen molar-refractivity contribution in [1.29, 1.82) is 0 Å². The molecule has 1 aromatic heterocycles. The van der Waals surface area contributed by atoms with E-state index >= 15 is 0 Å². The van der Waals surface area contributed by atoms with Crippen molar-refractivity contribution in [1.82, 2.24) is 9.78 Å². The molecule has 0 saturated carbocycles. The molecule has 2 aromatic rings. The summed E-state index contributed by atoms with van der Waals surface area (Å²) < 4.78 is 2.53. The Morgan fingerprint density at radius 2 is 1.94 bits per heavy atom. The number of rotatable bonds is 2. The van der Waals surface area contributed by atoms with E-state index in [4.69, 9.17) is 34.8 Å². The van der Waals surface area contributed by atoms with Crippen molar-refractivity contribution >= 4 is 57.4 Å². The third kappa shape index (κ3) is 2.83. The third-order valence-corrected chi connectivity index (χ3v) is 4.00. The van der Waals surface area contributed by atoms with E-state index in [1.54, 1.807) is 23.0 Å². The molecule has 16 heavy (non-hydrogen) atoms. The lowest BCUT2D eigenvalue weighted by Crippen LogP contribution is -2.00. The maximum Gasteiger partial charge on any atom is 0.141 e. The maximum atomic E-state index is 6.07. The summed E-state index contributed by atoms with van der Waals surface area (Å²) in [7, 11) is 0. The number of aromatic nitrogens is 2. The van der Waals surface area contributed by atoms with E-state index in [2.05, 4.69) is 27.7 Å². The van der Waals surface area contributed by atoms with Gasteiger partial charge in [-0.15, -0.1) is 0 Å². The number of nitrogens with zero attached hydrogens (tertiary/aromatic N) is 2. The number of halogens is 4. The van der Waals surface area contributed by atoms with Gasteiger partial charge in [0.1, 0.15) is 3.70 Å². The molecule has 0 fully saturated rings. The minimum atomic E-state index is 0.582. The predicted molar refractivity (Wildman–Crippen MR) is 75.5 cm³/mol. The summed E-state index contributed by atoms with van der Waals surface area (Å²) in [4.78, 5) is 0.